The Kier molecular flexibility index (Phi) is 5.64. The minimum Gasteiger partial charge on any atom is -0.315 e. The van der Waals surface area contributed by atoms with E-state index in [1.165, 1.54) is 67.2 Å². The molecule has 9 rings (SSSR count). The van der Waals surface area contributed by atoms with Gasteiger partial charge in [-0.2, -0.15) is 0 Å². The number of benzene rings is 4. The van der Waals surface area contributed by atoms with Crippen molar-refractivity contribution >= 4 is 51.5 Å². The zero-order valence-electron chi connectivity index (χ0n) is 27.7. The first kappa shape index (κ1) is 27.3. The summed E-state index contributed by atoms with van der Waals surface area (Å²) in [5, 5.41) is 0. The molecular formula is C42H43BN2. The van der Waals surface area contributed by atoms with Gasteiger partial charge in [0, 0.05) is 34.1 Å². The molecule has 2 aliphatic heterocycles. The Labute approximate surface area is 269 Å². The summed E-state index contributed by atoms with van der Waals surface area (Å²) in [6.45, 7) is 14.6. The van der Waals surface area contributed by atoms with Gasteiger partial charge in [-0.05, 0) is 142 Å². The summed E-state index contributed by atoms with van der Waals surface area (Å²) in [6.07, 6.45) is 12.6. The molecule has 0 N–H and O–H groups in total. The molecule has 3 aliphatic carbocycles. The fourth-order valence-corrected chi connectivity index (χ4v) is 9.40. The maximum absolute atomic E-state index is 2.66. The van der Waals surface area contributed by atoms with E-state index in [1.807, 2.05) is 0 Å². The summed E-state index contributed by atoms with van der Waals surface area (Å²) in [7, 11) is 0. The van der Waals surface area contributed by atoms with Crippen molar-refractivity contribution in [1.29, 1.82) is 0 Å². The molecule has 2 nitrogen and oxygen atoms in total. The van der Waals surface area contributed by atoms with Crippen molar-refractivity contribution in [3.8, 4) is 0 Å². The van der Waals surface area contributed by atoms with Crippen LogP contribution in [-0.2, 0) is 25.7 Å². The summed E-state index contributed by atoms with van der Waals surface area (Å²) in [4.78, 5) is 5.24. The van der Waals surface area contributed by atoms with Crippen molar-refractivity contribution in [3.63, 3.8) is 0 Å². The second kappa shape index (κ2) is 9.28. The Hall–Kier alpha value is -3.98. The van der Waals surface area contributed by atoms with Gasteiger partial charge in [0.2, 0.25) is 0 Å². The van der Waals surface area contributed by atoms with Crippen LogP contribution in [0.25, 0.3) is 0 Å². The Morgan fingerprint density at radius 1 is 0.667 bits per heavy atom. The summed E-state index contributed by atoms with van der Waals surface area (Å²) in [6, 6.07) is 26.4. The fourth-order valence-electron chi connectivity index (χ4n) is 9.40. The highest BCUT2D eigenvalue weighted by atomic mass is 15.2. The van der Waals surface area contributed by atoms with Gasteiger partial charge < -0.3 is 9.80 Å². The average molecular weight is 587 g/mol. The SMILES string of the molecule is Cc1cc2c3c(c1)N(c1ccccc1)c1cc4c(cc1B3c1cc3c(cc1N2C1=CC=CC(C)C1)CC(C)(C)C3)CC(C)(C)C4. The molecule has 3 heteroatoms. The fraction of sp³-hybridized carbons (Fsp3) is 0.333. The third-order valence-corrected chi connectivity index (χ3v) is 11.1. The molecule has 4 aromatic rings. The molecule has 4 aromatic carbocycles. The van der Waals surface area contributed by atoms with Crippen LogP contribution >= 0.6 is 0 Å². The van der Waals surface area contributed by atoms with Crippen LogP contribution in [0.4, 0.5) is 28.4 Å². The van der Waals surface area contributed by atoms with Gasteiger partial charge in [0.1, 0.15) is 0 Å². The smallest absolute Gasteiger partial charge is 0.252 e. The molecule has 0 spiro atoms. The van der Waals surface area contributed by atoms with Gasteiger partial charge in [-0.25, -0.2) is 0 Å². The highest BCUT2D eigenvalue weighted by Gasteiger charge is 2.46. The lowest BCUT2D eigenvalue weighted by atomic mass is 9.33. The van der Waals surface area contributed by atoms with Crippen molar-refractivity contribution in [3.05, 3.63) is 118 Å². The van der Waals surface area contributed by atoms with Crippen molar-refractivity contribution in [2.75, 3.05) is 9.80 Å². The normalized spacial score (nSPS) is 21.2. The van der Waals surface area contributed by atoms with Gasteiger partial charge in [-0.15, -0.1) is 0 Å². The van der Waals surface area contributed by atoms with Gasteiger partial charge in [-0.3, -0.25) is 0 Å². The van der Waals surface area contributed by atoms with Gasteiger partial charge in [-0.1, -0.05) is 77.1 Å². The highest BCUT2D eigenvalue weighted by molar-refractivity contribution is 7.00. The quantitative estimate of drug-likeness (QED) is 0.192. The van der Waals surface area contributed by atoms with E-state index in [0.29, 0.717) is 16.7 Å². The molecule has 0 amide bonds. The first-order chi connectivity index (χ1) is 21.6. The van der Waals surface area contributed by atoms with Gasteiger partial charge in [0.05, 0.1) is 0 Å². The van der Waals surface area contributed by atoms with E-state index in [9.17, 15) is 0 Å². The molecular weight excluding hydrogens is 543 g/mol. The van der Waals surface area contributed by atoms with Crippen LogP contribution in [0.1, 0.15) is 68.9 Å². The number of anilines is 5. The van der Waals surface area contributed by atoms with Crippen LogP contribution in [0, 0.1) is 23.7 Å². The minimum absolute atomic E-state index is 0.206. The number of nitrogens with zero attached hydrogens (tertiary/aromatic N) is 2. The summed E-state index contributed by atoms with van der Waals surface area (Å²) in [5.41, 5.74) is 20.6. The zero-order chi connectivity index (χ0) is 30.8. The predicted molar refractivity (Wildman–Crippen MR) is 192 cm³/mol. The molecule has 0 bridgehead atoms. The maximum Gasteiger partial charge on any atom is 0.252 e. The Morgan fingerprint density at radius 2 is 1.20 bits per heavy atom. The summed E-state index contributed by atoms with van der Waals surface area (Å²) >= 11 is 0. The lowest BCUT2D eigenvalue weighted by Gasteiger charge is -2.45. The second-order valence-electron chi connectivity index (χ2n) is 16.3. The standard InChI is InChI=1S/C42H43BN2/c1-26-11-10-14-33(15-26)45-37-21-31-25-42(5,6)23-29(31)19-35(37)43-34-18-28-22-41(3,4)24-30(28)20-36(34)44(32-12-8-7-9-13-32)38-16-27(2)17-39(45)40(38)43/h7-14,16-21,26H,15,22-25H2,1-6H3. The van der Waals surface area contributed by atoms with Crippen LogP contribution in [0.2, 0.25) is 0 Å². The molecule has 0 saturated carbocycles. The highest BCUT2D eigenvalue weighted by Crippen LogP contribution is 2.48. The van der Waals surface area contributed by atoms with Crippen molar-refractivity contribution in [2.24, 2.45) is 16.7 Å². The molecule has 0 fully saturated rings. The third kappa shape index (κ3) is 4.15. The topological polar surface area (TPSA) is 6.48 Å². The number of rotatable bonds is 2. The molecule has 224 valence electrons. The predicted octanol–water partition coefficient (Wildman–Crippen LogP) is 8.48. The van der Waals surface area contributed by atoms with Gasteiger partial charge in [0.15, 0.2) is 0 Å². The number of para-hydroxylation sites is 1. The molecule has 0 aromatic heterocycles. The monoisotopic (exact) mass is 586 g/mol. The van der Waals surface area contributed by atoms with Gasteiger partial charge in [0.25, 0.3) is 6.71 Å². The third-order valence-electron chi connectivity index (χ3n) is 11.1. The van der Waals surface area contributed by atoms with Crippen LogP contribution in [0.5, 0.6) is 0 Å². The van der Waals surface area contributed by atoms with Crippen molar-refractivity contribution in [2.45, 2.75) is 73.6 Å². The van der Waals surface area contributed by atoms with E-state index in [4.69, 9.17) is 0 Å². The number of fused-ring (bicyclic) bond motifs is 6. The van der Waals surface area contributed by atoms with Crippen LogP contribution in [0.3, 0.4) is 0 Å². The molecule has 45 heavy (non-hydrogen) atoms. The van der Waals surface area contributed by atoms with Crippen molar-refractivity contribution < 1.29 is 0 Å². The first-order valence-corrected chi connectivity index (χ1v) is 17.0. The van der Waals surface area contributed by atoms with E-state index >= 15 is 0 Å². The van der Waals surface area contributed by atoms with Crippen molar-refractivity contribution in [1.82, 2.24) is 0 Å². The van der Waals surface area contributed by atoms with Crippen LogP contribution in [-0.4, -0.2) is 6.71 Å². The Balaban J connectivity index is 1.38. The van der Waals surface area contributed by atoms with E-state index in [0.717, 1.165) is 32.1 Å². The Morgan fingerprint density at radius 3 is 1.78 bits per heavy atom. The first-order valence-electron chi connectivity index (χ1n) is 17.0. The van der Waals surface area contributed by atoms with Crippen LogP contribution in [0.15, 0.2) is 90.7 Å². The van der Waals surface area contributed by atoms with Gasteiger partial charge >= 0.3 is 0 Å². The molecule has 0 saturated heterocycles. The van der Waals surface area contributed by atoms with E-state index in [1.54, 1.807) is 11.1 Å². The lowest BCUT2D eigenvalue weighted by Crippen LogP contribution is -2.62. The van der Waals surface area contributed by atoms with E-state index in [2.05, 4.69) is 136 Å². The number of allylic oxidation sites excluding steroid dienone is 4. The Bertz CT molecular complexity index is 1980. The maximum atomic E-state index is 2.66. The second-order valence-corrected chi connectivity index (χ2v) is 16.3. The number of hydrogen-bond donors (Lipinski definition) is 0. The summed E-state index contributed by atoms with van der Waals surface area (Å²) in [5.74, 6) is 0.521. The molecule has 0 radical (unpaired) electrons. The number of hydrogen-bond acceptors (Lipinski definition) is 2. The zero-order valence-corrected chi connectivity index (χ0v) is 27.7. The van der Waals surface area contributed by atoms with E-state index < -0.39 is 0 Å². The van der Waals surface area contributed by atoms with E-state index in [-0.39, 0.29) is 6.71 Å². The average Bonchev–Trinajstić information content (AvgIpc) is 3.46. The minimum atomic E-state index is 0.206. The molecule has 2 heterocycles. The molecule has 1 atom stereocenters. The van der Waals surface area contributed by atoms with Crippen LogP contribution < -0.4 is 26.2 Å². The molecule has 1 unspecified atom stereocenters. The summed E-state index contributed by atoms with van der Waals surface area (Å²) < 4.78 is 0. The lowest BCUT2D eigenvalue weighted by molar-refractivity contribution is 0.392. The molecule has 5 aliphatic rings. The largest absolute Gasteiger partial charge is 0.315 e. The number of aryl methyl sites for hydroxylation is 1.